The lowest BCUT2D eigenvalue weighted by molar-refractivity contribution is 0.0875. The van der Waals surface area contributed by atoms with E-state index in [-0.39, 0.29) is 18.4 Å². The molecule has 0 aliphatic rings. The molecule has 0 aliphatic heterocycles. The second-order valence-corrected chi connectivity index (χ2v) is 5.34. The smallest absolute Gasteiger partial charge is 0.261 e. The fraction of sp³-hybridized carbons (Fsp3) is 0.500. The normalized spacial score (nSPS) is 12.9. The van der Waals surface area contributed by atoms with Crippen LogP contribution in [0.25, 0.3) is 0 Å². The topological polar surface area (TPSA) is 49.3 Å². The molecule has 1 heterocycles. The van der Waals surface area contributed by atoms with Gasteiger partial charge in [-0.2, -0.15) is 0 Å². The molecule has 1 amide bonds. The molecular weight excluding hydrogens is 234 g/mol. The Balaban J connectivity index is 2.43. The van der Waals surface area contributed by atoms with Crippen molar-refractivity contribution in [2.24, 2.45) is 5.92 Å². The van der Waals surface area contributed by atoms with Crippen molar-refractivity contribution < 1.29 is 9.90 Å². The third-order valence-corrected chi connectivity index (χ3v) is 3.27. The number of carbonyl (C=O) groups is 1. The highest BCUT2D eigenvalue weighted by atomic mass is 35.5. The van der Waals surface area contributed by atoms with Gasteiger partial charge in [-0.1, -0.05) is 25.4 Å². The first-order valence-corrected chi connectivity index (χ1v) is 5.91. The maximum Gasteiger partial charge on any atom is 0.261 e. The molecule has 3 nitrogen and oxygen atoms in total. The first-order valence-electron chi connectivity index (χ1n) is 4.72. The molecule has 1 rings (SSSR count). The van der Waals surface area contributed by atoms with E-state index in [2.05, 4.69) is 5.32 Å². The van der Waals surface area contributed by atoms with Crippen LogP contribution in [0.3, 0.4) is 0 Å². The van der Waals surface area contributed by atoms with Crippen LogP contribution < -0.4 is 5.32 Å². The van der Waals surface area contributed by atoms with Gasteiger partial charge in [-0.05, 0) is 18.1 Å². The van der Waals surface area contributed by atoms with Gasteiger partial charge in [-0.25, -0.2) is 0 Å². The zero-order valence-electron chi connectivity index (χ0n) is 8.66. The highest BCUT2D eigenvalue weighted by Crippen LogP contribution is 2.21. The summed E-state index contributed by atoms with van der Waals surface area (Å²) in [5.74, 6) is -0.0520. The predicted octanol–water partition coefficient (Wildman–Crippen LogP) is 2.15. The third-order valence-electron chi connectivity index (χ3n) is 2.04. The summed E-state index contributed by atoms with van der Waals surface area (Å²) < 4.78 is 0.588. The summed E-state index contributed by atoms with van der Waals surface area (Å²) in [6, 6.07) is 3.35. The van der Waals surface area contributed by atoms with Crippen LogP contribution in [0.4, 0.5) is 0 Å². The van der Waals surface area contributed by atoms with Gasteiger partial charge in [-0.15, -0.1) is 11.3 Å². The number of amides is 1. The zero-order valence-corrected chi connectivity index (χ0v) is 10.2. The molecular formula is C10H14ClNO2S. The summed E-state index contributed by atoms with van der Waals surface area (Å²) in [7, 11) is 0. The standard InChI is InChI=1S/C10H14ClNO2S/c1-6(2)7(13)5-12-10(14)8-3-4-9(11)15-8/h3-4,6-7,13H,5H2,1-2H3,(H,12,14). The van der Waals surface area contributed by atoms with Crippen molar-refractivity contribution in [3.8, 4) is 0 Å². The lowest BCUT2D eigenvalue weighted by Gasteiger charge is -2.14. The van der Waals surface area contributed by atoms with Crippen molar-refractivity contribution >= 4 is 28.8 Å². The molecule has 0 fully saturated rings. The van der Waals surface area contributed by atoms with E-state index >= 15 is 0 Å². The van der Waals surface area contributed by atoms with Crippen molar-refractivity contribution in [2.75, 3.05) is 6.54 Å². The summed E-state index contributed by atoms with van der Waals surface area (Å²) in [6.07, 6.45) is -0.510. The van der Waals surface area contributed by atoms with Crippen LogP contribution in [-0.2, 0) is 0 Å². The minimum atomic E-state index is -0.510. The fourth-order valence-electron chi connectivity index (χ4n) is 0.956. The highest BCUT2D eigenvalue weighted by Gasteiger charge is 2.12. The predicted molar refractivity (Wildman–Crippen MR) is 62.5 cm³/mol. The van der Waals surface area contributed by atoms with Crippen molar-refractivity contribution in [1.29, 1.82) is 0 Å². The maximum atomic E-state index is 11.5. The van der Waals surface area contributed by atoms with E-state index in [1.54, 1.807) is 12.1 Å². The molecule has 0 saturated heterocycles. The second-order valence-electron chi connectivity index (χ2n) is 3.63. The lowest BCUT2D eigenvalue weighted by atomic mass is 10.1. The second kappa shape index (κ2) is 5.49. The van der Waals surface area contributed by atoms with E-state index in [9.17, 15) is 9.90 Å². The Bertz CT molecular complexity index is 338. The number of rotatable bonds is 4. The van der Waals surface area contributed by atoms with Gasteiger partial charge in [0.1, 0.15) is 0 Å². The number of nitrogens with one attached hydrogen (secondary N) is 1. The molecule has 1 unspecified atom stereocenters. The molecule has 0 bridgehead atoms. The zero-order chi connectivity index (χ0) is 11.4. The summed E-state index contributed by atoms with van der Waals surface area (Å²) in [5, 5.41) is 12.1. The summed E-state index contributed by atoms with van der Waals surface area (Å²) in [5.41, 5.74) is 0. The van der Waals surface area contributed by atoms with Crippen molar-refractivity contribution in [3.05, 3.63) is 21.3 Å². The minimum Gasteiger partial charge on any atom is -0.391 e. The average Bonchev–Trinajstić information content (AvgIpc) is 2.60. The van der Waals surface area contributed by atoms with Crippen LogP contribution in [0.1, 0.15) is 23.5 Å². The van der Waals surface area contributed by atoms with E-state index in [4.69, 9.17) is 11.6 Å². The first-order chi connectivity index (χ1) is 7.00. The largest absolute Gasteiger partial charge is 0.391 e. The number of aliphatic hydroxyl groups is 1. The molecule has 0 aromatic carbocycles. The molecule has 0 radical (unpaired) electrons. The van der Waals surface area contributed by atoms with Crippen LogP contribution in [0.15, 0.2) is 12.1 Å². The van der Waals surface area contributed by atoms with E-state index in [0.29, 0.717) is 9.21 Å². The van der Waals surface area contributed by atoms with Crippen LogP contribution in [0.2, 0.25) is 4.34 Å². The Labute approximate surface area is 98.1 Å². The van der Waals surface area contributed by atoms with E-state index in [1.807, 2.05) is 13.8 Å². The summed E-state index contributed by atoms with van der Waals surface area (Å²) >= 11 is 6.93. The molecule has 2 N–H and O–H groups in total. The Hall–Kier alpha value is -0.580. The van der Waals surface area contributed by atoms with E-state index < -0.39 is 6.10 Å². The van der Waals surface area contributed by atoms with Gasteiger partial charge in [0, 0.05) is 6.54 Å². The molecule has 1 atom stereocenters. The van der Waals surface area contributed by atoms with Gasteiger partial charge in [0.25, 0.3) is 5.91 Å². The molecule has 84 valence electrons. The van der Waals surface area contributed by atoms with Gasteiger partial charge in [0.15, 0.2) is 0 Å². The first kappa shape index (κ1) is 12.5. The number of carbonyl (C=O) groups excluding carboxylic acids is 1. The molecule has 0 aliphatic carbocycles. The quantitative estimate of drug-likeness (QED) is 0.857. The summed E-state index contributed by atoms with van der Waals surface area (Å²) in [4.78, 5) is 12.1. The van der Waals surface area contributed by atoms with Crippen LogP contribution >= 0.6 is 22.9 Å². The van der Waals surface area contributed by atoms with Gasteiger partial charge >= 0.3 is 0 Å². The SMILES string of the molecule is CC(C)C(O)CNC(=O)c1ccc(Cl)s1. The Morgan fingerprint density at radius 3 is 2.73 bits per heavy atom. The van der Waals surface area contributed by atoms with Gasteiger partial charge in [0.05, 0.1) is 15.3 Å². The minimum absolute atomic E-state index is 0.136. The average molecular weight is 248 g/mol. The van der Waals surface area contributed by atoms with E-state index in [0.717, 1.165) is 0 Å². The van der Waals surface area contributed by atoms with Crippen LogP contribution in [0.5, 0.6) is 0 Å². The van der Waals surface area contributed by atoms with Crippen molar-refractivity contribution in [1.82, 2.24) is 5.32 Å². The molecule has 0 saturated carbocycles. The monoisotopic (exact) mass is 247 g/mol. The van der Waals surface area contributed by atoms with E-state index in [1.165, 1.54) is 11.3 Å². The number of halogens is 1. The number of thiophene rings is 1. The highest BCUT2D eigenvalue weighted by molar-refractivity contribution is 7.17. The number of hydrogen-bond acceptors (Lipinski definition) is 3. The van der Waals surface area contributed by atoms with Gasteiger partial charge in [-0.3, -0.25) is 4.79 Å². The van der Waals surface area contributed by atoms with Gasteiger partial charge < -0.3 is 10.4 Å². The van der Waals surface area contributed by atoms with Crippen molar-refractivity contribution in [2.45, 2.75) is 20.0 Å². The summed E-state index contributed by atoms with van der Waals surface area (Å²) in [6.45, 7) is 4.07. The molecule has 5 heteroatoms. The molecule has 1 aromatic heterocycles. The Morgan fingerprint density at radius 1 is 1.60 bits per heavy atom. The fourth-order valence-corrected chi connectivity index (χ4v) is 1.92. The molecule has 0 spiro atoms. The maximum absolute atomic E-state index is 11.5. The van der Waals surface area contributed by atoms with Crippen LogP contribution in [-0.4, -0.2) is 23.7 Å². The third kappa shape index (κ3) is 3.81. The van der Waals surface area contributed by atoms with Gasteiger partial charge in [0.2, 0.25) is 0 Å². The molecule has 1 aromatic rings. The Morgan fingerprint density at radius 2 is 2.27 bits per heavy atom. The number of hydrogen-bond donors (Lipinski definition) is 2. The lowest BCUT2D eigenvalue weighted by Crippen LogP contribution is -2.34. The van der Waals surface area contributed by atoms with Crippen molar-refractivity contribution in [3.63, 3.8) is 0 Å². The van der Waals surface area contributed by atoms with Crippen LogP contribution in [0, 0.1) is 5.92 Å². The number of aliphatic hydroxyl groups excluding tert-OH is 1. The molecule has 15 heavy (non-hydrogen) atoms. The Kier molecular flexibility index (Phi) is 4.57.